The summed E-state index contributed by atoms with van der Waals surface area (Å²) in [5.41, 5.74) is 2.89. The summed E-state index contributed by atoms with van der Waals surface area (Å²) in [7, 11) is 0. The highest BCUT2D eigenvalue weighted by molar-refractivity contribution is 5.98. The van der Waals surface area contributed by atoms with Gasteiger partial charge in [0, 0.05) is 43.1 Å². The Labute approximate surface area is 147 Å². The highest BCUT2D eigenvalue weighted by Crippen LogP contribution is 2.36. The van der Waals surface area contributed by atoms with Crippen molar-refractivity contribution in [1.29, 1.82) is 0 Å². The van der Waals surface area contributed by atoms with Gasteiger partial charge in [-0.1, -0.05) is 6.07 Å². The maximum absolute atomic E-state index is 12.5. The second-order valence-corrected chi connectivity index (χ2v) is 7.20. The van der Waals surface area contributed by atoms with E-state index in [4.69, 9.17) is 4.74 Å². The number of ether oxygens (including phenoxy) is 1. The summed E-state index contributed by atoms with van der Waals surface area (Å²) >= 11 is 0. The second kappa shape index (κ2) is 7.04. The Morgan fingerprint density at radius 1 is 1.12 bits per heavy atom. The van der Waals surface area contributed by atoms with Crippen LogP contribution in [-0.4, -0.2) is 37.7 Å². The molecule has 0 spiro atoms. The van der Waals surface area contributed by atoms with Gasteiger partial charge < -0.3 is 20.3 Å². The highest BCUT2D eigenvalue weighted by Gasteiger charge is 2.35. The van der Waals surface area contributed by atoms with Crippen LogP contribution in [0.3, 0.4) is 0 Å². The Balaban J connectivity index is 1.44. The Bertz CT molecular complexity index is 666. The maximum atomic E-state index is 12.5. The minimum Gasteiger partial charge on any atom is -0.381 e. The van der Waals surface area contributed by atoms with Crippen LogP contribution in [0.15, 0.2) is 18.2 Å². The molecule has 6 nitrogen and oxygen atoms in total. The fourth-order valence-corrected chi connectivity index (χ4v) is 3.63. The minimum absolute atomic E-state index is 0.166. The fourth-order valence-electron chi connectivity index (χ4n) is 3.63. The number of nitrogens with one attached hydrogen (secondary N) is 2. The van der Waals surface area contributed by atoms with Gasteiger partial charge in [0.25, 0.3) is 0 Å². The molecule has 0 radical (unpaired) electrons. The zero-order valence-electron chi connectivity index (χ0n) is 14.4. The first-order valence-corrected chi connectivity index (χ1v) is 9.30. The number of anilines is 2. The van der Waals surface area contributed by atoms with Gasteiger partial charge in [-0.25, -0.2) is 4.79 Å². The molecule has 1 aliphatic carbocycles. The average molecular weight is 343 g/mol. The number of nitrogens with zero attached hydrogens (tertiary/aromatic N) is 1. The number of hydrogen-bond donors (Lipinski definition) is 2. The zero-order valence-corrected chi connectivity index (χ0v) is 14.4. The number of rotatable bonds is 3. The summed E-state index contributed by atoms with van der Waals surface area (Å²) in [5, 5.41) is 5.91. The summed E-state index contributed by atoms with van der Waals surface area (Å²) in [5.74, 6) is 0.448. The van der Waals surface area contributed by atoms with E-state index in [0.29, 0.717) is 13.2 Å². The summed E-state index contributed by atoms with van der Waals surface area (Å²) < 4.78 is 5.31. The first-order chi connectivity index (χ1) is 12.2. The standard InChI is InChI=1S/C19H25N3O3/c23-18(14-3-4-14)22-9-1-2-13-5-6-16(12-17(13)22)21-19(24)20-15-7-10-25-11-8-15/h5-6,12,14-15H,1-4,7-11H2,(H2,20,21,24). The average Bonchev–Trinajstić information content (AvgIpc) is 3.46. The lowest BCUT2D eigenvalue weighted by Gasteiger charge is -2.30. The van der Waals surface area contributed by atoms with Gasteiger partial charge in [0.1, 0.15) is 0 Å². The predicted octanol–water partition coefficient (Wildman–Crippen LogP) is 2.68. The number of carbonyl (C=O) groups excluding carboxylic acids is 2. The van der Waals surface area contributed by atoms with Crippen molar-refractivity contribution in [2.45, 2.75) is 44.6 Å². The number of urea groups is 1. The lowest BCUT2D eigenvalue weighted by Crippen LogP contribution is -2.41. The molecule has 4 rings (SSSR count). The summed E-state index contributed by atoms with van der Waals surface area (Å²) in [6.07, 6.45) is 5.70. The van der Waals surface area contributed by atoms with Gasteiger partial charge in [0.05, 0.1) is 0 Å². The maximum Gasteiger partial charge on any atom is 0.319 e. The Morgan fingerprint density at radius 2 is 1.92 bits per heavy atom. The van der Waals surface area contributed by atoms with Crippen LogP contribution in [0.2, 0.25) is 0 Å². The molecule has 1 saturated carbocycles. The highest BCUT2D eigenvalue weighted by atomic mass is 16.5. The zero-order chi connectivity index (χ0) is 17.2. The van der Waals surface area contributed by atoms with Crippen molar-refractivity contribution in [3.8, 4) is 0 Å². The monoisotopic (exact) mass is 343 g/mol. The van der Waals surface area contributed by atoms with Crippen molar-refractivity contribution in [2.75, 3.05) is 30.0 Å². The van der Waals surface area contributed by atoms with Gasteiger partial charge in [0.15, 0.2) is 0 Å². The van der Waals surface area contributed by atoms with Crippen LogP contribution in [0.25, 0.3) is 0 Å². The quantitative estimate of drug-likeness (QED) is 0.886. The number of aryl methyl sites for hydroxylation is 1. The van der Waals surface area contributed by atoms with Gasteiger partial charge in [-0.3, -0.25) is 4.79 Å². The van der Waals surface area contributed by atoms with Gasteiger partial charge in [-0.2, -0.15) is 0 Å². The van der Waals surface area contributed by atoms with E-state index in [1.54, 1.807) is 0 Å². The molecule has 2 fully saturated rings. The first-order valence-electron chi connectivity index (χ1n) is 9.30. The number of benzene rings is 1. The van der Waals surface area contributed by atoms with Crippen molar-refractivity contribution in [1.82, 2.24) is 5.32 Å². The smallest absolute Gasteiger partial charge is 0.319 e. The lowest BCUT2D eigenvalue weighted by atomic mass is 10.0. The molecule has 2 N–H and O–H groups in total. The molecular formula is C19H25N3O3. The molecule has 2 heterocycles. The number of fused-ring (bicyclic) bond motifs is 1. The molecule has 1 aromatic carbocycles. The molecule has 3 aliphatic rings. The third-order valence-corrected chi connectivity index (χ3v) is 5.21. The molecule has 0 aromatic heterocycles. The first kappa shape index (κ1) is 16.4. The van der Waals surface area contributed by atoms with E-state index in [0.717, 1.165) is 56.4 Å². The van der Waals surface area contributed by atoms with Gasteiger partial charge >= 0.3 is 6.03 Å². The third kappa shape index (κ3) is 3.79. The Morgan fingerprint density at radius 3 is 2.68 bits per heavy atom. The van der Waals surface area contributed by atoms with Crippen LogP contribution in [-0.2, 0) is 16.0 Å². The van der Waals surface area contributed by atoms with Crippen molar-refractivity contribution in [3.63, 3.8) is 0 Å². The third-order valence-electron chi connectivity index (χ3n) is 5.21. The van der Waals surface area contributed by atoms with E-state index in [9.17, 15) is 9.59 Å². The van der Waals surface area contributed by atoms with Crippen LogP contribution in [0.4, 0.5) is 16.2 Å². The van der Waals surface area contributed by atoms with Crippen molar-refractivity contribution in [3.05, 3.63) is 23.8 Å². The van der Waals surface area contributed by atoms with E-state index in [2.05, 4.69) is 10.6 Å². The van der Waals surface area contributed by atoms with E-state index < -0.39 is 0 Å². The van der Waals surface area contributed by atoms with E-state index >= 15 is 0 Å². The topological polar surface area (TPSA) is 70.7 Å². The van der Waals surface area contributed by atoms with Gasteiger partial charge in [-0.15, -0.1) is 0 Å². The lowest BCUT2D eigenvalue weighted by molar-refractivity contribution is -0.119. The molecule has 3 amide bonds. The molecule has 6 heteroatoms. The largest absolute Gasteiger partial charge is 0.381 e. The molecule has 1 aromatic rings. The van der Waals surface area contributed by atoms with Crippen LogP contribution >= 0.6 is 0 Å². The van der Waals surface area contributed by atoms with Gasteiger partial charge in [-0.05, 0) is 56.2 Å². The molecule has 2 aliphatic heterocycles. The van der Waals surface area contributed by atoms with Crippen LogP contribution in [0.1, 0.15) is 37.7 Å². The molecule has 0 unspecified atom stereocenters. The van der Waals surface area contributed by atoms with Crippen molar-refractivity contribution in [2.24, 2.45) is 5.92 Å². The molecule has 1 saturated heterocycles. The Kier molecular flexibility index (Phi) is 4.61. The molecule has 25 heavy (non-hydrogen) atoms. The van der Waals surface area contributed by atoms with Crippen molar-refractivity contribution < 1.29 is 14.3 Å². The van der Waals surface area contributed by atoms with Crippen molar-refractivity contribution >= 4 is 23.3 Å². The summed E-state index contributed by atoms with van der Waals surface area (Å²) in [6.45, 7) is 2.17. The molecule has 134 valence electrons. The minimum atomic E-state index is -0.192. The van der Waals surface area contributed by atoms with Gasteiger partial charge in [0.2, 0.25) is 5.91 Å². The fraction of sp³-hybridized carbons (Fsp3) is 0.579. The normalized spacial score (nSPS) is 20.7. The molecular weight excluding hydrogens is 318 g/mol. The van der Waals surface area contributed by atoms with Crippen LogP contribution < -0.4 is 15.5 Å². The summed E-state index contributed by atoms with van der Waals surface area (Å²) in [6, 6.07) is 5.87. The van der Waals surface area contributed by atoms with E-state index in [-0.39, 0.29) is 23.9 Å². The summed E-state index contributed by atoms with van der Waals surface area (Å²) in [4.78, 5) is 26.7. The predicted molar refractivity (Wildman–Crippen MR) is 95.8 cm³/mol. The molecule has 0 atom stereocenters. The van der Waals surface area contributed by atoms with Crippen LogP contribution in [0.5, 0.6) is 0 Å². The number of amides is 3. The number of hydrogen-bond acceptors (Lipinski definition) is 3. The van der Waals surface area contributed by atoms with Crippen LogP contribution in [0, 0.1) is 5.92 Å². The second-order valence-electron chi connectivity index (χ2n) is 7.20. The number of carbonyl (C=O) groups is 2. The van der Waals surface area contributed by atoms with E-state index in [1.165, 1.54) is 5.56 Å². The molecule has 0 bridgehead atoms. The van der Waals surface area contributed by atoms with E-state index in [1.807, 2.05) is 23.1 Å². The SMILES string of the molecule is O=C(Nc1ccc2c(c1)N(C(=O)C1CC1)CCC2)NC1CCOCC1. The Hall–Kier alpha value is -2.08.